The molecule has 0 radical (unpaired) electrons. The molecule has 3 rings (SSSR count). The number of amides is 1. The quantitative estimate of drug-likeness (QED) is 0.702. The first-order chi connectivity index (χ1) is 12.1. The van der Waals surface area contributed by atoms with E-state index in [1.165, 1.54) is 0 Å². The summed E-state index contributed by atoms with van der Waals surface area (Å²) in [7, 11) is 3.73. The van der Waals surface area contributed by atoms with Crippen molar-refractivity contribution in [1.82, 2.24) is 19.8 Å². The average molecular weight is 421 g/mol. The Kier molecular flexibility index (Phi) is 9.55. The van der Waals surface area contributed by atoms with Crippen LogP contribution >= 0.6 is 24.8 Å². The second-order valence-electron chi connectivity index (χ2n) is 7.84. The van der Waals surface area contributed by atoms with E-state index in [1.807, 2.05) is 19.4 Å². The summed E-state index contributed by atoms with van der Waals surface area (Å²) in [6.45, 7) is 5.55. The lowest BCUT2D eigenvalue weighted by molar-refractivity contribution is -0.141. The molecule has 27 heavy (non-hydrogen) atoms. The van der Waals surface area contributed by atoms with E-state index in [9.17, 15) is 4.79 Å². The largest absolute Gasteiger partial charge is 0.384 e. The van der Waals surface area contributed by atoms with Crippen molar-refractivity contribution in [3.8, 4) is 0 Å². The van der Waals surface area contributed by atoms with Crippen molar-refractivity contribution in [1.29, 1.82) is 0 Å². The van der Waals surface area contributed by atoms with Crippen molar-refractivity contribution in [3.05, 3.63) is 18.2 Å². The number of imidazole rings is 1. The third kappa shape index (κ3) is 5.37. The molecule has 2 fully saturated rings. The summed E-state index contributed by atoms with van der Waals surface area (Å²) in [6, 6.07) is 0.238. The molecule has 156 valence electrons. The van der Waals surface area contributed by atoms with Crippen LogP contribution in [0.3, 0.4) is 0 Å². The van der Waals surface area contributed by atoms with E-state index in [1.54, 1.807) is 7.11 Å². The van der Waals surface area contributed by atoms with Crippen LogP contribution in [0.5, 0.6) is 0 Å². The second-order valence-corrected chi connectivity index (χ2v) is 7.84. The minimum Gasteiger partial charge on any atom is -0.384 e. The van der Waals surface area contributed by atoms with Gasteiger partial charge in [-0.1, -0.05) is 19.8 Å². The molecule has 0 unspecified atom stereocenters. The van der Waals surface area contributed by atoms with Gasteiger partial charge in [-0.15, -0.1) is 24.8 Å². The second kappa shape index (κ2) is 10.6. The predicted octanol–water partition coefficient (Wildman–Crippen LogP) is 2.80. The Hall–Kier alpha value is -0.820. The van der Waals surface area contributed by atoms with Crippen molar-refractivity contribution in [2.75, 3.05) is 26.8 Å². The summed E-state index contributed by atoms with van der Waals surface area (Å²) in [4.78, 5) is 19.8. The van der Waals surface area contributed by atoms with Crippen molar-refractivity contribution >= 4 is 30.7 Å². The van der Waals surface area contributed by atoms with Crippen molar-refractivity contribution in [2.45, 2.75) is 51.6 Å². The fraction of sp³-hybridized carbons (Fsp3) is 0.789. The van der Waals surface area contributed by atoms with Crippen LogP contribution in [0.2, 0.25) is 0 Å². The molecule has 0 aromatic carbocycles. The van der Waals surface area contributed by atoms with Crippen LogP contribution in [0.1, 0.15) is 44.9 Å². The van der Waals surface area contributed by atoms with E-state index in [2.05, 4.69) is 26.7 Å². The topological polar surface area (TPSA) is 59.4 Å². The van der Waals surface area contributed by atoms with Crippen LogP contribution in [-0.2, 0) is 23.1 Å². The lowest BCUT2D eigenvalue weighted by atomic mass is 9.68. The summed E-state index contributed by atoms with van der Waals surface area (Å²) in [5.74, 6) is 1.80. The third-order valence-electron chi connectivity index (χ3n) is 5.99. The molecule has 2 atom stereocenters. The zero-order valence-corrected chi connectivity index (χ0v) is 18.3. The highest BCUT2D eigenvalue weighted by atomic mass is 35.5. The summed E-state index contributed by atoms with van der Waals surface area (Å²) in [5.41, 5.74) is -0.279. The summed E-state index contributed by atoms with van der Waals surface area (Å²) in [5, 5.41) is 3.38. The van der Waals surface area contributed by atoms with Gasteiger partial charge in [0.15, 0.2) is 0 Å². The van der Waals surface area contributed by atoms with Gasteiger partial charge in [-0.05, 0) is 25.2 Å². The lowest BCUT2D eigenvalue weighted by Gasteiger charge is -2.40. The van der Waals surface area contributed by atoms with E-state index in [0.717, 1.165) is 57.6 Å². The minimum absolute atomic E-state index is 0. The molecule has 6 nitrogen and oxygen atoms in total. The third-order valence-corrected chi connectivity index (χ3v) is 5.99. The van der Waals surface area contributed by atoms with Gasteiger partial charge in [0.1, 0.15) is 5.82 Å². The molecule has 8 heteroatoms. The first-order valence-corrected chi connectivity index (χ1v) is 9.56. The number of halogens is 2. The maximum atomic E-state index is 12.9. The van der Waals surface area contributed by atoms with Crippen LogP contribution in [0.15, 0.2) is 12.4 Å². The molecule has 0 bridgehead atoms. The van der Waals surface area contributed by atoms with Gasteiger partial charge in [-0.25, -0.2) is 4.98 Å². The van der Waals surface area contributed by atoms with Gasteiger partial charge < -0.3 is 14.6 Å². The van der Waals surface area contributed by atoms with Gasteiger partial charge in [-0.3, -0.25) is 9.69 Å². The van der Waals surface area contributed by atoms with Gasteiger partial charge in [0, 0.05) is 45.7 Å². The van der Waals surface area contributed by atoms with Crippen LogP contribution in [-0.4, -0.2) is 53.2 Å². The molecule has 1 aromatic rings. The van der Waals surface area contributed by atoms with Crippen molar-refractivity contribution < 1.29 is 9.53 Å². The predicted molar refractivity (Wildman–Crippen MR) is 111 cm³/mol. The number of carbonyl (C=O) groups excluding carboxylic acids is 1. The van der Waals surface area contributed by atoms with E-state index >= 15 is 0 Å². The number of hydrogen-bond donors (Lipinski definition) is 1. The number of methoxy groups -OCH3 is 1. The first-order valence-electron chi connectivity index (χ1n) is 9.56. The molecular formula is C19H34Cl2N4O2. The highest BCUT2D eigenvalue weighted by Gasteiger charge is 2.46. The van der Waals surface area contributed by atoms with Gasteiger partial charge in [0.25, 0.3) is 0 Å². The van der Waals surface area contributed by atoms with E-state index in [0.29, 0.717) is 12.5 Å². The van der Waals surface area contributed by atoms with Crippen LogP contribution in [0, 0.1) is 11.3 Å². The molecule has 1 N–H and O–H groups in total. The Morgan fingerprint density at radius 1 is 1.37 bits per heavy atom. The number of nitrogens with zero attached hydrogens (tertiary/aromatic N) is 3. The number of aryl methyl sites for hydroxylation is 1. The fourth-order valence-electron chi connectivity index (χ4n) is 4.30. The molecule has 2 aliphatic rings. The summed E-state index contributed by atoms with van der Waals surface area (Å²) >= 11 is 0. The van der Waals surface area contributed by atoms with E-state index in [4.69, 9.17) is 4.74 Å². The standard InChI is InChI=1S/C19H32N4O2.2ClH/c1-4-6-15-11-23(13-17-20-9-10-22(17)2)12-16(15)21-18(24)19(14-25-3)7-5-8-19;;/h9-10,15-16H,4-8,11-14H2,1-3H3,(H,21,24);2*1H/t15-,16-;;/m0../s1. The Morgan fingerprint density at radius 3 is 2.63 bits per heavy atom. The zero-order valence-electron chi connectivity index (χ0n) is 16.6. The van der Waals surface area contributed by atoms with E-state index < -0.39 is 0 Å². The Balaban J connectivity index is 0.00000182. The number of carbonyl (C=O) groups is 1. The monoisotopic (exact) mass is 420 g/mol. The highest BCUT2D eigenvalue weighted by Crippen LogP contribution is 2.41. The van der Waals surface area contributed by atoms with Crippen LogP contribution < -0.4 is 5.32 Å². The Morgan fingerprint density at radius 2 is 2.11 bits per heavy atom. The maximum Gasteiger partial charge on any atom is 0.228 e. The summed E-state index contributed by atoms with van der Waals surface area (Å²) < 4.78 is 7.40. The van der Waals surface area contributed by atoms with Gasteiger partial charge >= 0.3 is 0 Å². The van der Waals surface area contributed by atoms with Gasteiger partial charge in [0.2, 0.25) is 5.91 Å². The number of nitrogens with one attached hydrogen (secondary N) is 1. The molecule has 1 saturated heterocycles. The molecular weight excluding hydrogens is 387 g/mol. The van der Waals surface area contributed by atoms with Crippen LogP contribution in [0.4, 0.5) is 0 Å². The maximum absolute atomic E-state index is 12.9. The molecule has 1 aromatic heterocycles. The van der Waals surface area contributed by atoms with Crippen molar-refractivity contribution in [3.63, 3.8) is 0 Å². The molecule has 0 spiro atoms. The number of aromatic nitrogens is 2. The highest BCUT2D eigenvalue weighted by molar-refractivity contribution is 5.85. The van der Waals surface area contributed by atoms with Crippen LogP contribution in [0.25, 0.3) is 0 Å². The molecule has 1 aliphatic heterocycles. The minimum atomic E-state index is -0.279. The Labute approximate surface area is 175 Å². The number of hydrogen-bond acceptors (Lipinski definition) is 4. The van der Waals surface area contributed by atoms with Gasteiger partial charge in [0.05, 0.1) is 18.6 Å². The number of ether oxygens (including phenoxy) is 1. The van der Waals surface area contributed by atoms with Gasteiger partial charge in [-0.2, -0.15) is 0 Å². The molecule has 1 amide bonds. The van der Waals surface area contributed by atoms with Crippen molar-refractivity contribution in [2.24, 2.45) is 18.4 Å². The average Bonchev–Trinajstić information content (AvgIpc) is 3.11. The molecule has 1 aliphatic carbocycles. The normalized spacial score (nSPS) is 23.8. The molecule has 2 heterocycles. The Bertz CT molecular complexity index is 592. The smallest absolute Gasteiger partial charge is 0.228 e. The summed E-state index contributed by atoms with van der Waals surface area (Å²) in [6.07, 6.45) is 9.17. The number of likely N-dealkylation sites (tertiary alicyclic amines) is 1. The zero-order chi connectivity index (χ0) is 17.9. The first kappa shape index (κ1) is 24.2. The number of rotatable bonds is 8. The van der Waals surface area contributed by atoms with E-state index in [-0.39, 0.29) is 42.2 Å². The SMILES string of the molecule is CCC[C@H]1CN(Cc2nccn2C)C[C@@H]1NC(=O)C1(COC)CCC1.Cl.Cl. The molecule has 1 saturated carbocycles. The fourth-order valence-corrected chi connectivity index (χ4v) is 4.30. The lowest BCUT2D eigenvalue weighted by Crippen LogP contribution is -2.53.